The van der Waals surface area contributed by atoms with Crippen LogP contribution in [0.1, 0.15) is 6.42 Å². The molecule has 0 bridgehead atoms. The SMILES string of the molecule is COc1ccc(SC2CN[C@H](C(=O)O)C2CC(=O)O)cc1. The van der Waals surface area contributed by atoms with Crippen molar-refractivity contribution in [2.75, 3.05) is 13.7 Å². The van der Waals surface area contributed by atoms with E-state index in [0.29, 0.717) is 6.54 Å². The molecule has 0 aliphatic carbocycles. The normalized spacial score (nSPS) is 24.7. The molecule has 1 heterocycles. The first-order valence-corrected chi connectivity index (χ1v) is 7.38. The van der Waals surface area contributed by atoms with Gasteiger partial charge in [0.1, 0.15) is 11.8 Å². The molecular weight excluding hydrogens is 294 g/mol. The number of thioether (sulfide) groups is 1. The van der Waals surface area contributed by atoms with Crippen molar-refractivity contribution in [1.29, 1.82) is 0 Å². The van der Waals surface area contributed by atoms with Crippen LogP contribution < -0.4 is 10.1 Å². The van der Waals surface area contributed by atoms with Crippen LogP contribution in [0.25, 0.3) is 0 Å². The molecule has 2 unspecified atom stereocenters. The number of hydrogen-bond donors (Lipinski definition) is 3. The fourth-order valence-corrected chi connectivity index (χ4v) is 3.69. The summed E-state index contributed by atoms with van der Waals surface area (Å²) in [5.74, 6) is -1.67. The lowest BCUT2D eigenvalue weighted by molar-refractivity contribution is -0.141. The summed E-state index contributed by atoms with van der Waals surface area (Å²) in [7, 11) is 1.59. The highest BCUT2D eigenvalue weighted by molar-refractivity contribution is 8.00. The minimum absolute atomic E-state index is 0.0874. The summed E-state index contributed by atoms with van der Waals surface area (Å²) in [6.45, 7) is 0.478. The van der Waals surface area contributed by atoms with E-state index in [1.807, 2.05) is 24.3 Å². The number of carboxylic acids is 2. The van der Waals surface area contributed by atoms with Gasteiger partial charge in [-0.05, 0) is 24.3 Å². The molecule has 1 aromatic rings. The van der Waals surface area contributed by atoms with E-state index in [-0.39, 0.29) is 11.7 Å². The fourth-order valence-electron chi connectivity index (χ4n) is 2.44. The predicted molar refractivity (Wildman–Crippen MR) is 77.8 cm³/mol. The first-order chi connectivity index (χ1) is 10.0. The van der Waals surface area contributed by atoms with Gasteiger partial charge in [-0.25, -0.2) is 0 Å². The maximum absolute atomic E-state index is 11.2. The van der Waals surface area contributed by atoms with Crippen LogP contribution >= 0.6 is 11.8 Å². The van der Waals surface area contributed by atoms with Gasteiger partial charge in [0, 0.05) is 22.6 Å². The zero-order valence-corrected chi connectivity index (χ0v) is 12.3. The van der Waals surface area contributed by atoms with Gasteiger partial charge in [-0.2, -0.15) is 0 Å². The molecule has 1 aromatic carbocycles. The third-order valence-corrected chi connectivity index (χ3v) is 4.83. The van der Waals surface area contributed by atoms with Gasteiger partial charge in [0.05, 0.1) is 13.5 Å². The lowest BCUT2D eigenvalue weighted by Crippen LogP contribution is -2.37. The summed E-state index contributed by atoms with van der Waals surface area (Å²) in [5, 5.41) is 21.0. The first-order valence-electron chi connectivity index (χ1n) is 6.50. The molecule has 0 radical (unpaired) electrons. The molecule has 1 aliphatic rings. The average Bonchev–Trinajstić information content (AvgIpc) is 2.82. The minimum atomic E-state index is -1.00. The van der Waals surface area contributed by atoms with E-state index in [1.54, 1.807) is 7.11 Å². The van der Waals surface area contributed by atoms with Crippen LogP contribution in [0.4, 0.5) is 0 Å². The molecule has 1 fully saturated rings. The van der Waals surface area contributed by atoms with Crippen molar-refractivity contribution in [3.05, 3.63) is 24.3 Å². The molecule has 7 heteroatoms. The number of carboxylic acid groups (broad SMARTS) is 2. The quantitative estimate of drug-likeness (QED) is 0.729. The van der Waals surface area contributed by atoms with Crippen molar-refractivity contribution in [2.24, 2.45) is 5.92 Å². The highest BCUT2D eigenvalue weighted by Crippen LogP contribution is 2.35. The number of methoxy groups -OCH3 is 1. The van der Waals surface area contributed by atoms with Gasteiger partial charge in [0.15, 0.2) is 0 Å². The van der Waals surface area contributed by atoms with Crippen molar-refractivity contribution in [3.63, 3.8) is 0 Å². The van der Waals surface area contributed by atoms with Crippen molar-refractivity contribution >= 4 is 23.7 Å². The second kappa shape index (κ2) is 6.82. The maximum Gasteiger partial charge on any atom is 0.321 e. The van der Waals surface area contributed by atoms with Crippen LogP contribution in [-0.2, 0) is 9.59 Å². The number of benzene rings is 1. The Balaban J connectivity index is 2.09. The third-order valence-electron chi connectivity index (χ3n) is 3.47. The Bertz CT molecular complexity index is 519. The van der Waals surface area contributed by atoms with Crippen LogP contribution in [0.3, 0.4) is 0 Å². The lowest BCUT2D eigenvalue weighted by Gasteiger charge is -2.19. The first kappa shape index (κ1) is 15.7. The molecule has 2 rings (SSSR count). The number of rotatable bonds is 6. The fraction of sp³-hybridized carbons (Fsp3) is 0.429. The van der Waals surface area contributed by atoms with Gasteiger partial charge in [-0.15, -0.1) is 11.8 Å². The van der Waals surface area contributed by atoms with E-state index < -0.39 is 23.9 Å². The Kier molecular flexibility index (Phi) is 5.08. The van der Waals surface area contributed by atoms with Crippen molar-refractivity contribution in [3.8, 4) is 5.75 Å². The predicted octanol–water partition coefficient (Wildman–Crippen LogP) is 1.30. The topological polar surface area (TPSA) is 95.9 Å². The number of hydrogen-bond acceptors (Lipinski definition) is 5. The Morgan fingerprint density at radius 1 is 1.33 bits per heavy atom. The Hall–Kier alpha value is -1.73. The monoisotopic (exact) mass is 311 g/mol. The molecule has 3 atom stereocenters. The molecule has 0 spiro atoms. The molecule has 0 saturated carbocycles. The molecule has 1 saturated heterocycles. The number of aliphatic carboxylic acids is 2. The van der Waals surface area contributed by atoms with Crippen molar-refractivity contribution < 1.29 is 24.5 Å². The Morgan fingerprint density at radius 3 is 2.52 bits per heavy atom. The van der Waals surface area contributed by atoms with Gasteiger partial charge in [-0.1, -0.05) is 0 Å². The summed E-state index contributed by atoms with van der Waals surface area (Å²) in [4.78, 5) is 23.1. The Morgan fingerprint density at radius 2 is 2.00 bits per heavy atom. The largest absolute Gasteiger partial charge is 0.497 e. The second-order valence-electron chi connectivity index (χ2n) is 4.82. The summed E-state index contributed by atoms with van der Waals surface area (Å²) in [5.41, 5.74) is 0. The van der Waals surface area contributed by atoms with E-state index in [0.717, 1.165) is 10.6 Å². The lowest BCUT2D eigenvalue weighted by atomic mass is 9.96. The number of carbonyl (C=O) groups is 2. The molecule has 0 aromatic heterocycles. The number of nitrogens with one attached hydrogen (secondary N) is 1. The van der Waals surface area contributed by atoms with Gasteiger partial charge in [0.2, 0.25) is 0 Å². The summed E-state index contributed by atoms with van der Waals surface area (Å²) in [6, 6.07) is 6.61. The highest BCUT2D eigenvalue weighted by atomic mass is 32.2. The van der Waals surface area contributed by atoms with Gasteiger partial charge in [-0.3, -0.25) is 9.59 Å². The van der Waals surface area contributed by atoms with Crippen molar-refractivity contribution in [2.45, 2.75) is 22.6 Å². The molecule has 0 amide bonds. The molecular formula is C14H17NO5S. The van der Waals surface area contributed by atoms with Crippen LogP contribution in [0, 0.1) is 5.92 Å². The van der Waals surface area contributed by atoms with Gasteiger partial charge < -0.3 is 20.3 Å². The van der Waals surface area contributed by atoms with Gasteiger partial charge in [0.25, 0.3) is 0 Å². The maximum atomic E-state index is 11.2. The third kappa shape index (κ3) is 3.89. The van der Waals surface area contributed by atoms with Crippen LogP contribution in [0.5, 0.6) is 5.75 Å². The standard InChI is InChI=1S/C14H17NO5S/c1-20-8-2-4-9(5-3-8)21-11-7-15-13(14(18)19)10(11)6-12(16)17/h2-5,10-11,13,15H,6-7H2,1H3,(H,16,17)(H,18,19)/t10?,11?,13-/m0/s1. The van der Waals surface area contributed by atoms with Gasteiger partial charge >= 0.3 is 11.9 Å². The zero-order chi connectivity index (χ0) is 15.4. The molecule has 3 N–H and O–H groups in total. The summed E-state index contributed by atoms with van der Waals surface area (Å²) >= 11 is 1.50. The van der Waals surface area contributed by atoms with E-state index in [2.05, 4.69) is 5.32 Å². The summed E-state index contributed by atoms with van der Waals surface area (Å²) in [6.07, 6.45) is -0.155. The van der Waals surface area contributed by atoms with E-state index in [4.69, 9.17) is 14.9 Å². The Labute approximate surface area is 126 Å². The summed E-state index contributed by atoms with van der Waals surface area (Å²) < 4.78 is 5.08. The molecule has 6 nitrogen and oxygen atoms in total. The van der Waals surface area contributed by atoms with Crippen LogP contribution in [0.15, 0.2) is 29.2 Å². The number of ether oxygens (including phenoxy) is 1. The average molecular weight is 311 g/mol. The molecule has 21 heavy (non-hydrogen) atoms. The van der Waals surface area contributed by atoms with E-state index in [1.165, 1.54) is 11.8 Å². The van der Waals surface area contributed by atoms with Crippen molar-refractivity contribution in [1.82, 2.24) is 5.32 Å². The molecule has 1 aliphatic heterocycles. The smallest absolute Gasteiger partial charge is 0.321 e. The highest BCUT2D eigenvalue weighted by Gasteiger charge is 2.41. The van der Waals surface area contributed by atoms with Crippen LogP contribution in [-0.4, -0.2) is 47.1 Å². The van der Waals surface area contributed by atoms with E-state index >= 15 is 0 Å². The van der Waals surface area contributed by atoms with Crippen LogP contribution in [0.2, 0.25) is 0 Å². The second-order valence-corrected chi connectivity index (χ2v) is 6.13. The molecule has 114 valence electrons. The minimum Gasteiger partial charge on any atom is -0.497 e. The van der Waals surface area contributed by atoms with E-state index in [9.17, 15) is 9.59 Å². The zero-order valence-electron chi connectivity index (χ0n) is 11.5.